The Balaban J connectivity index is 2.07. The van der Waals surface area contributed by atoms with E-state index in [2.05, 4.69) is 6.92 Å². The van der Waals surface area contributed by atoms with Gasteiger partial charge >= 0.3 is 0 Å². The minimum absolute atomic E-state index is 0.206. The summed E-state index contributed by atoms with van der Waals surface area (Å²) < 4.78 is 0. The molecular formula is C15H29N. The van der Waals surface area contributed by atoms with Gasteiger partial charge in [-0.1, -0.05) is 51.9 Å². The van der Waals surface area contributed by atoms with Crippen molar-refractivity contribution in [3.63, 3.8) is 0 Å². The maximum absolute atomic E-state index is 6.86. The molecule has 2 aliphatic rings. The fourth-order valence-electron chi connectivity index (χ4n) is 4.23. The molecule has 1 heteroatoms. The lowest BCUT2D eigenvalue weighted by Crippen LogP contribution is -2.54. The Morgan fingerprint density at radius 1 is 0.938 bits per heavy atom. The van der Waals surface area contributed by atoms with Crippen LogP contribution in [0.1, 0.15) is 77.6 Å². The van der Waals surface area contributed by atoms with Crippen LogP contribution < -0.4 is 5.73 Å². The maximum Gasteiger partial charge on any atom is 0.0211 e. The quantitative estimate of drug-likeness (QED) is 0.696. The summed E-state index contributed by atoms with van der Waals surface area (Å²) in [5.41, 5.74) is 7.06. The molecule has 0 spiro atoms. The summed E-state index contributed by atoms with van der Waals surface area (Å²) in [6.45, 7) is 2.34. The highest BCUT2D eigenvalue weighted by Crippen LogP contribution is 2.43. The Bertz CT molecular complexity index is 205. The zero-order valence-corrected chi connectivity index (χ0v) is 11.0. The van der Waals surface area contributed by atoms with Crippen LogP contribution in [0.2, 0.25) is 0 Å². The number of hydrogen-bond acceptors (Lipinski definition) is 1. The molecule has 0 radical (unpaired) electrons. The fraction of sp³-hybridized carbons (Fsp3) is 1.00. The van der Waals surface area contributed by atoms with Gasteiger partial charge in [-0.05, 0) is 37.5 Å². The van der Waals surface area contributed by atoms with E-state index < -0.39 is 0 Å². The summed E-state index contributed by atoms with van der Waals surface area (Å²) in [6.07, 6.45) is 15.4. The molecule has 0 bridgehead atoms. The monoisotopic (exact) mass is 223 g/mol. The molecule has 0 aliphatic heterocycles. The van der Waals surface area contributed by atoms with Gasteiger partial charge in [-0.25, -0.2) is 0 Å². The molecule has 0 amide bonds. The first-order chi connectivity index (χ1) is 7.77. The van der Waals surface area contributed by atoms with E-state index in [4.69, 9.17) is 5.73 Å². The summed E-state index contributed by atoms with van der Waals surface area (Å²) in [4.78, 5) is 0. The number of hydrogen-bond donors (Lipinski definition) is 1. The van der Waals surface area contributed by atoms with Crippen LogP contribution in [-0.4, -0.2) is 5.54 Å². The maximum atomic E-state index is 6.86. The summed E-state index contributed by atoms with van der Waals surface area (Å²) >= 11 is 0. The highest BCUT2D eigenvalue weighted by Gasteiger charge is 2.42. The van der Waals surface area contributed by atoms with E-state index in [0.29, 0.717) is 0 Å². The third kappa shape index (κ3) is 2.45. The van der Waals surface area contributed by atoms with Gasteiger partial charge < -0.3 is 5.73 Å². The lowest BCUT2D eigenvalue weighted by atomic mass is 9.63. The molecule has 2 fully saturated rings. The molecule has 2 rings (SSSR count). The lowest BCUT2D eigenvalue weighted by molar-refractivity contribution is 0.101. The first kappa shape index (κ1) is 12.4. The van der Waals surface area contributed by atoms with Crippen molar-refractivity contribution in [2.75, 3.05) is 0 Å². The minimum Gasteiger partial charge on any atom is -0.325 e. The van der Waals surface area contributed by atoms with E-state index in [1.54, 1.807) is 0 Å². The average molecular weight is 223 g/mol. The minimum atomic E-state index is 0.206. The third-order valence-electron chi connectivity index (χ3n) is 5.28. The normalized spacial score (nSPS) is 38.2. The van der Waals surface area contributed by atoms with Crippen molar-refractivity contribution >= 4 is 0 Å². The highest BCUT2D eigenvalue weighted by atomic mass is 14.8. The van der Waals surface area contributed by atoms with Crippen LogP contribution in [0, 0.1) is 11.8 Å². The Morgan fingerprint density at radius 3 is 2.19 bits per heavy atom. The zero-order valence-electron chi connectivity index (χ0n) is 11.0. The van der Waals surface area contributed by atoms with Crippen molar-refractivity contribution in [3.05, 3.63) is 0 Å². The molecular weight excluding hydrogens is 194 g/mol. The van der Waals surface area contributed by atoms with Crippen molar-refractivity contribution in [3.8, 4) is 0 Å². The van der Waals surface area contributed by atoms with Crippen LogP contribution in [0.4, 0.5) is 0 Å². The molecule has 16 heavy (non-hydrogen) atoms. The molecule has 0 saturated heterocycles. The van der Waals surface area contributed by atoms with Crippen molar-refractivity contribution in [1.29, 1.82) is 0 Å². The van der Waals surface area contributed by atoms with Gasteiger partial charge in [0, 0.05) is 5.54 Å². The highest BCUT2D eigenvalue weighted by molar-refractivity contribution is 4.99. The second-order valence-corrected chi connectivity index (χ2v) is 6.15. The van der Waals surface area contributed by atoms with E-state index >= 15 is 0 Å². The van der Waals surface area contributed by atoms with Crippen LogP contribution in [0.3, 0.4) is 0 Å². The van der Waals surface area contributed by atoms with Crippen LogP contribution in [-0.2, 0) is 0 Å². The Hall–Kier alpha value is -0.0400. The van der Waals surface area contributed by atoms with Crippen LogP contribution in [0.25, 0.3) is 0 Å². The van der Waals surface area contributed by atoms with Gasteiger partial charge in [-0.2, -0.15) is 0 Å². The standard InChI is InChI=1S/C15H29N/c1-2-13-9-7-8-12-15(13,16)14-10-5-3-4-6-11-14/h13-14H,2-12,16H2,1H3. The molecule has 2 aliphatic carbocycles. The van der Waals surface area contributed by atoms with E-state index in [9.17, 15) is 0 Å². The summed E-state index contributed by atoms with van der Waals surface area (Å²) in [6, 6.07) is 0. The predicted molar refractivity (Wildman–Crippen MR) is 70.4 cm³/mol. The number of rotatable bonds is 2. The van der Waals surface area contributed by atoms with Crippen LogP contribution >= 0.6 is 0 Å². The molecule has 94 valence electrons. The van der Waals surface area contributed by atoms with Gasteiger partial charge in [-0.3, -0.25) is 0 Å². The van der Waals surface area contributed by atoms with Crippen molar-refractivity contribution < 1.29 is 0 Å². The van der Waals surface area contributed by atoms with Gasteiger partial charge in [0.25, 0.3) is 0 Å². The molecule has 0 aromatic rings. The van der Waals surface area contributed by atoms with E-state index in [-0.39, 0.29) is 5.54 Å². The lowest BCUT2D eigenvalue weighted by Gasteiger charge is -2.46. The topological polar surface area (TPSA) is 26.0 Å². The second kappa shape index (κ2) is 5.53. The van der Waals surface area contributed by atoms with Gasteiger partial charge in [0.2, 0.25) is 0 Å². The van der Waals surface area contributed by atoms with Crippen LogP contribution in [0.5, 0.6) is 0 Å². The first-order valence-electron chi connectivity index (χ1n) is 7.56. The third-order valence-corrected chi connectivity index (χ3v) is 5.28. The first-order valence-corrected chi connectivity index (χ1v) is 7.56. The predicted octanol–water partition coefficient (Wildman–Crippen LogP) is 4.25. The fourth-order valence-corrected chi connectivity index (χ4v) is 4.23. The second-order valence-electron chi connectivity index (χ2n) is 6.15. The molecule has 1 nitrogen and oxygen atoms in total. The molecule has 2 unspecified atom stereocenters. The summed E-state index contributed by atoms with van der Waals surface area (Å²) in [7, 11) is 0. The van der Waals surface area contributed by atoms with Gasteiger partial charge in [0.1, 0.15) is 0 Å². The Kier molecular flexibility index (Phi) is 4.29. The van der Waals surface area contributed by atoms with Crippen molar-refractivity contribution in [1.82, 2.24) is 0 Å². The SMILES string of the molecule is CCC1CCCCC1(N)C1CCCCCC1. The molecule has 0 aromatic heterocycles. The molecule has 2 atom stereocenters. The molecule has 2 N–H and O–H groups in total. The van der Waals surface area contributed by atoms with Gasteiger partial charge in [-0.15, -0.1) is 0 Å². The Morgan fingerprint density at radius 2 is 1.56 bits per heavy atom. The Labute approximate surface area is 101 Å². The zero-order chi connectivity index (χ0) is 11.4. The van der Waals surface area contributed by atoms with Crippen molar-refractivity contribution in [2.45, 2.75) is 83.1 Å². The van der Waals surface area contributed by atoms with Crippen LogP contribution in [0.15, 0.2) is 0 Å². The van der Waals surface area contributed by atoms with Gasteiger partial charge in [0.05, 0.1) is 0 Å². The largest absolute Gasteiger partial charge is 0.325 e. The van der Waals surface area contributed by atoms with E-state index in [1.807, 2.05) is 0 Å². The van der Waals surface area contributed by atoms with Gasteiger partial charge in [0.15, 0.2) is 0 Å². The molecule has 0 heterocycles. The summed E-state index contributed by atoms with van der Waals surface area (Å²) in [5, 5.41) is 0. The average Bonchev–Trinajstić information content (AvgIpc) is 2.58. The smallest absolute Gasteiger partial charge is 0.0211 e. The number of nitrogens with two attached hydrogens (primary N) is 1. The summed E-state index contributed by atoms with van der Waals surface area (Å²) in [5.74, 6) is 1.64. The van der Waals surface area contributed by atoms with Crippen molar-refractivity contribution in [2.24, 2.45) is 17.6 Å². The van der Waals surface area contributed by atoms with E-state index in [1.165, 1.54) is 70.6 Å². The van der Waals surface area contributed by atoms with E-state index in [0.717, 1.165) is 11.8 Å². The molecule has 0 aromatic carbocycles. The molecule has 2 saturated carbocycles.